The van der Waals surface area contributed by atoms with Gasteiger partial charge in [-0.05, 0) is 46.8 Å². The summed E-state index contributed by atoms with van der Waals surface area (Å²) in [4.78, 5) is 0. The Morgan fingerprint density at radius 2 is 1.68 bits per heavy atom. The lowest BCUT2D eigenvalue weighted by Crippen LogP contribution is -1.99. The van der Waals surface area contributed by atoms with Gasteiger partial charge in [-0.3, -0.25) is 0 Å². The zero-order chi connectivity index (χ0) is 13.2. The fourth-order valence-electron chi connectivity index (χ4n) is 2.30. The molecule has 1 heterocycles. The average Bonchev–Trinajstić information content (AvgIpc) is 2.83. The van der Waals surface area contributed by atoms with Crippen LogP contribution in [0.5, 0.6) is 0 Å². The highest BCUT2D eigenvalue weighted by Crippen LogP contribution is 2.19. The minimum atomic E-state index is -0.200. The molecule has 3 aromatic rings. The number of fused-ring (bicyclic) bond motifs is 1. The van der Waals surface area contributed by atoms with Crippen LogP contribution in [0.3, 0.4) is 0 Å². The molecule has 0 aliphatic carbocycles. The van der Waals surface area contributed by atoms with Crippen LogP contribution >= 0.6 is 0 Å². The van der Waals surface area contributed by atoms with Gasteiger partial charge in [-0.25, -0.2) is 4.39 Å². The molecule has 1 aromatic heterocycles. The molecule has 0 saturated carbocycles. The Bertz CT molecular complexity index is 698. The van der Waals surface area contributed by atoms with Crippen molar-refractivity contribution in [2.24, 2.45) is 5.73 Å². The zero-order valence-electron chi connectivity index (χ0n) is 10.5. The van der Waals surface area contributed by atoms with Crippen molar-refractivity contribution in [3.05, 3.63) is 71.7 Å². The van der Waals surface area contributed by atoms with Crippen LogP contribution in [-0.4, -0.2) is 4.57 Å². The van der Waals surface area contributed by atoms with Crippen LogP contribution in [0, 0.1) is 5.82 Å². The van der Waals surface area contributed by atoms with Gasteiger partial charge in [0.05, 0.1) is 0 Å². The molecule has 0 unspecified atom stereocenters. The molecule has 0 atom stereocenters. The number of hydrogen-bond acceptors (Lipinski definition) is 1. The minimum Gasteiger partial charge on any atom is -0.343 e. The molecule has 0 saturated heterocycles. The maximum Gasteiger partial charge on any atom is 0.123 e. The summed E-state index contributed by atoms with van der Waals surface area (Å²) in [6.45, 7) is 1.30. The number of nitrogens with two attached hydrogens (primary N) is 1. The van der Waals surface area contributed by atoms with Crippen molar-refractivity contribution in [2.75, 3.05) is 0 Å². The third-order valence-corrected chi connectivity index (χ3v) is 3.34. The molecular weight excluding hydrogens is 239 g/mol. The maximum absolute atomic E-state index is 12.9. The highest BCUT2D eigenvalue weighted by Gasteiger charge is 2.03. The highest BCUT2D eigenvalue weighted by atomic mass is 19.1. The number of halogens is 1. The van der Waals surface area contributed by atoms with E-state index in [0.717, 1.165) is 17.7 Å². The average molecular weight is 254 g/mol. The van der Waals surface area contributed by atoms with E-state index in [1.807, 2.05) is 24.4 Å². The van der Waals surface area contributed by atoms with Crippen molar-refractivity contribution in [3.8, 4) is 0 Å². The van der Waals surface area contributed by atoms with Crippen LogP contribution < -0.4 is 5.73 Å². The Kier molecular flexibility index (Phi) is 3.05. The van der Waals surface area contributed by atoms with Crippen molar-refractivity contribution in [1.82, 2.24) is 4.57 Å². The van der Waals surface area contributed by atoms with E-state index in [9.17, 15) is 4.39 Å². The van der Waals surface area contributed by atoms with Gasteiger partial charge in [0.1, 0.15) is 5.82 Å². The van der Waals surface area contributed by atoms with Crippen molar-refractivity contribution in [2.45, 2.75) is 13.1 Å². The van der Waals surface area contributed by atoms with E-state index in [1.165, 1.54) is 23.0 Å². The fraction of sp³-hybridized carbons (Fsp3) is 0.125. The molecular formula is C16H15FN2. The molecule has 0 bridgehead atoms. The molecule has 3 heteroatoms. The third-order valence-electron chi connectivity index (χ3n) is 3.34. The van der Waals surface area contributed by atoms with Gasteiger partial charge in [0, 0.05) is 24.8 Å². The monoisotopic (exact) mass is 254 g/mol. The third kappa shape index (κ3) is 2.37. The normalized spacial score (nSPS) is 11.1. The molecule has 96 valence electrons. The number of benzene rings is 2. The molecule has 0 fully saturated rings. The number of hydrogen-bond donors (Lipinski definition) is 1. The molecule has 0 amide bonds. The maximum atomic E-state index is 12.9. The van der Waals surface area contributed by atoms with Gasteiger partial charge in [-0.1, -0.05) is 18.2 Å². The Balaban J connectivity index is 1.95. The molecule has 19 heavy (non-hydrogen) atoms. The minimum absolute atomic E-state index is 0.200. The second-order valence-corrected chi connectivity index (χ2v) is 4.67. The standard InChI is InChI=1S/C16H15FN2/c17-15-4-1-12(2-5-15)11-19-8-7-14-9-13(10-18)3-6-16(14)19/h1-9H,10-11,18H2. The number of rotatable bonds is 3. The molecule has 0 spiro atoms. The number of aromatic nitrogens is 1. The lowest BCUT2D eigenvalue weighted by molar-refractivity contribution is 0.626. The first-order valence-corrected chi connectivity index (χ1v) is 6.28. The van der Waals surface area contributed by atoms with Crippen molar-refractivity contribution < 1.29 is 4.39 Å². The van der Waals surface area contributed by atoms with Gasteiger partial charge in [0.2, 0.25) is 0 Å². The number of nitrogens with zero attached hydrogens (tertiary/aromatic N) is 1. The van der Waals surface area contributed by atoms with Crippen LogP contribution in [0.4, 0.5) is 4.39 Å². The van der Waals surface area contributed by atoms with Gasteiger partial charge in [-0.15, -0.1) is 0 Å². The SMILES string of the molecule is NCc1ccc2c(ccn2Cc2ccc(F)cc2)c1. The summed E-state index contributed by atoms with van der Waals surface area (Å²) in [7, 11) is 0. The first kappa shape index (κ1) is 11.9. The zero-order valence-corrected chi connectivity index (χ0v) is 10.5. The summed E-state index contributed by atoms with van der Waals surface area (Å²) in [6.07, 6.45) is 2.05. The van der Waals surface area contributed by atoms with Gasteiger partial charge < -0.3 is 10.3 Å². The van der Waals surface area contributed by atoms with E-state index in [1.54, 1.807) is 0 Å². The predicted octanol–water partition coefficient (Wildman–Crippen LogP) is 3.29. The summed E-state index contributed by atoms with van der Waals surface area (Å²) in [5.74, 6) is -0.200. The van der Waals surface area contributed by atoms with Crippen LogP contribution in [-0.2, 0) is 13.1 Å². The summed E-state index contributed by atoms with van der Waals surface area (Å²) in [5.41, 5.74) is 9.03. The molecule has 2 N–H and O–H groups in total. The largest absolute Gasteiger partial charge is 0.343 e. The van der Waals surface area contributed by atoms with Gasteiger partial charge in [0.15, 0.2) is 0 Å². The lowest BCUT2D eigenvalue weighted by atomic mass is 10.1. The van der Waals surface area contributed by atoms with Gasteiger partial charge in [0.25, 0.3) is 0 Å². The highest BCUT2D eigenvalue weighted by molar-refractivity contribution is 5.81. The molecule has 2 aromatic carbocycles. The quantitative estimate of drug-likeness (QED) is 0.764. The molecule has 0 aliphatic rings. The first-order chi connectivity index (χ1) is 9.26. The molecule has 3 rings (SSSR count). The fourth-order valence-corrected chi connectivity index (χ4v) is 2.30. The molecule has 0 radical (unpaired) electrons. The van der Waals surface area contributed by atoms with E-state index in [-0.39, 0.29) is 5.82 Å². The van der Waals surface area contributed by atoms with Crippen LogP contribution in [0.25, 0.3) is 10.9 Å². The van der Waals surface area contributed by atoms with E-state index in [0.29, 0.717) is 6.54 Å². The van der Waals surface area contributed by atoms with Crippen LogP contribution in [0.15, 0.2) is 54.7 Å². The first-order valence-electron chi connectivity index (χ1n) is 6.28. The van der Waals surface area contributed by atoms with Crippen LogP contribution in [0.1, 0.15) is 11.1 Å². The van der Waals surface area contributed by atoms with Crippen LogP contribution in [0.2, 0.25) is 0 Å². The smallest absolute Gasteiger partial charge is 0.123 e. The van der Waals surface area contributed by atoms with Crippen molar-refractivity contribution in [1.29, 1.82) is 0 Å². The predicted molar refractivity (Wildman–Crippen MR) is 75.3 cm³/mol. The Morgan fingerprint density at radius 3 is 2.42 bits per heavy atom. The Labute approximate surface area is 111 Å². The van der Waals surface area contributed by atoms with Gasteiger partial charge >= 0.3 is 0 Å². The van der Waals surface area contributed by atoms with Crippen molar-refractivity contribution in [3.63, 3.8) is 0 Å². The van der Waals surface area contributed by atoms with Crippen molar-refractivity contribution >= 4 is 10.9 Å². The Hall–Kier alpha value is -2.13. The van der Waals surface area contributed by atoms with E-state index >= 15 is 0 Å². The van der Waals surface area contributed by atoms with E-state index < -0.39 is 0 Å². The topological polar surface area (TPSA) is 30.9 Å². The molecule has 2 nitrogen and oxygen atoms in total. The second kappa shape index (κ2) is 4.86. The second-order valence-electron chi connectivity index (χ2n) is 4.67. The molecule has 0 aliphatic heterocycles. The summed E-state index contributed by atoms with van der Waals surface area (Å²) < 4.78 is 15.0. The Morgan fingerprint density at radius 1 is 0.947 bits per heavy atom. The lowest BCUT2D eigenvalue weighted by Gasteiger charge is -2.06. The summed E-state index contributed by atoms with van der Waals surface area (Å²) in [5, 5.41) is 1.19. The summed E-state index contributed by atoms with van der Waals surface area (Å²) >= 11 is 0. The van der Waals surface area contributed by atoms with Gasteiger partial charge in [-0.2, -0.15) is 0 Å². The van der Waals surface area contributed by atoms with E-state index in [2.05, 4.69) is 22.8 Å². The summed E-state index contributed by atoms with van der Waals surface area (Å²) in [6, 6.07) is 14.9. The van der Waals surface area contributed by atoms with E-state index in [4.69, 9.17) is 5.73 Å².